The Kier molecular flexibility index (Phi) is 5.10. The molecule has 29 heavy (non-hydrogen) atoms. The Morgan fingerprint density at radius 1 is 1.10 bits per heavy atom. The van der Waals surface area contributed by atoms with E-state index >= 15 is 0 Å². The summed E-state index contributed by atoms with van der Waals surface area (Å²) in [5, 5.41) is 0. The van der Waals surface area contributed by atoms with Crippen molar-refractivity contribution in [3.8, 4) is 0 Å². The summed E-state index contributed by atoms with van der Waals surface area (Å²) in [7, 11) is -3.51. The van der Waals surface area contributed by atoms with Crippen LogP contribution in [0.2, 0.25) is 0 Å². The molecule has 0 aromatic heterocycles. The molecule has 0 aromatic rings. The number of carbonyl (C=O) groups is 1. The van der Waals surface area contributed by atoms with Gasteiger partial charge in [-0.3, -0.25) is 8.98 Å². The molecule has 0 radical (unpaired) electrons. The van der Waals surface area contributed by atoms with Crippen molar-refractivity contribution in [2.45, 2.75) is 92.1 Å². The van der Waals surface area contributed by atoms with Crippen LogP contribution in [0.15, 0.2) is 0 Å². The van der Waals surface area contributed by atoms with Gasteiger partial charge in [-0.15, -0.1) is 0 Å². The lowest BCUT2D eigenvalue weighted by Crippen LogP contribution is -2.43. The standard InChI is InChI=1S/C24H40O4S/c1-15(2)18-8-10-22(4,21(18)28-29(6,26)27)14-17-13-20(25)24-12-7-16(3)19(24)9-11-23(17,24)5/h15-19,21H,7-14H2,1-6H3/t16-,17+,18+,19+,21+,22-,23+,24-/m1/s1. The molecule has 166 valence electrons. The monoisotopic (exact) mass is 424 g/mol. The first kappa shape index (κ1) is 21.8. The fraction of sp³-hybridized carbons (Fsp3) is 0.958. The van der Waals surface area contributed by atoms with Gasteiger partial charge >= 0.3 is 0 Å². The van der Waals surface area contributed by atoms with E-state index in [2.05, 4.69) is 34.6 Å². The molecule has 0 heterocycles. The van der Waals surface area contributed by atoms with Crippen LogP contribution in [0.3, 0.4) is 0 Å². The number of rotatable bonds is 5. The summed E-state index contributed by atoms with van der Waals surface area (Å²) in [4.78, 5) is 13.5. The van der Waals surface area contributed by atoms with Crippen LogP contribution in [0, 0.1) is 45.8 Å². The van der Waals surface area contributed by atoms with Crippen LogP contribution >= 0.6 is 0 Å². The van der Waals surface area contributed by atoms with E-state index in [0.717, 1.165) is 32.1 Å². The van der Waals surface area contributed by atoms with E-state index in [1.165, 1.54) is 19.1 Å². The zero-order valence-electron chi connectivity index (χ0n) is 19.2. The van der Waals surface area contributed by atoms with Crippen LogP contribution in [0.25, 0.3) is 0 Å². The van der Waals surface area contributed by atoms with Crippen LogP contribution < -0.4 is 0 Å². The van der Waals surface area contributed by atoms with E-state index in [-0.39, 0.29) is 28.3 Å². The molecular weight excluding hydrogens is 384 g/mol. The lowest BCUT2D eigenvalue weighted by molar-refractivity contribution is -0.130. The van der Waals surface area contributed by atoms with Crippen LogP contribution in [0.5, 0.6) is 0 Å². The Balaban J connectivity index is 1.64. The predicted molar refractivity (Wildman–Crippen MR) is 115 cm³/mol. The molecule has 4 nitrogen and oxygen atoms in total. The maximum atomic E-state index is 13.5. The Hall–Kier alpha value is -0.420. The molecule has 0 N–H and O–H groups in total. The topological polar surface area (TPSA) is 60.4 Å². The van der Waals surface area contributed by atoms with Crippen molar-refractivity contribution in [1.29, 1.82) is 0 Å². The minimum Gasteiger partial charge on any atom is -0.299 e. The molecule has 1 spiro atoms. The molecule has 8 atom stereocenters. The summed E-state index contributed by atoms with van der Waals surface area (Å²) < 4.78 is 29.9. The second-order valence-corrected chi connectivity index (χ2v) is 13.5. The van der Waals surface area contributed by atoms with Gasteiger partial charge < -0.3 is 0 Å². The highest BCUT2D eigenvalue weighted by atomic mass is 32.2. The van der Waals surface area contributed by atoms with E-state index in [1.54, 1.807) is 0 Å². The van der Waals surface area contributed by atoms with Crippen LogP contribution in [-0.4, -0.2) is 26.6 Å². The van der Waals surface area contributed by atoms with Crippen molar-refractivity contribution in [3.05, 3.63) is 0 Å². The number of carbonyl (C=O) groups excluding carboxylic acids is 1. The molecule has 0 saturated heterocycles. The highest BCUT2D eigenvalue weighted by Crippen LogP contribution is 2.74. The molecular formula is C24H40O4S. The molecule has 0 aliphatic heterocycles. The maximum absolute atomic E-state index is 13.5. The molecule has 0 bridgehead atoms. The van der Waals surface area contributed by atoms with Crippen molar-refractivity contribution in [2.75, 3.05) is 6.26 Å². The first-order valence-corrected chi connectivity index (χ1v) is 13.6. The second-order valence-electron chi connectivity index (χ2n) is 11.9. The van der Waals surface area contributed by atoms with Gasteiger partial charge in [0, 0.05) is 11.8 Å². The minimum atomic E-state index is -3.51. The van der Waals surface area contributed by atoms with Crippen LogP contribution in [0.4, 0.5) is 0 Å². The minimum absolute atomic E-state index is 0.0775. The van der Waals surface area contributed by atoms with Crippen molar-refractivity contribution < 1.29 is 17.4 Å². The van der Waals surface area contributed by atoms with Gasteiger partial charge in [-0.05, 0) is 85.4 Å². The summed E-state index contributed by atoms with van der Waals surface area (Å²) >= 11 is 0. The Bertz CT molecular complexity index is 789. The average molecular weight is 425 g/mol. The fourth-order valence-electron chi connectivity index (χ4n) is 8.55. The molecule has 0 aromatic carbocycles. The van der Waals surface area contributed by atoms with Gasteiger partial charge in [-0.2, -0.15) is 8.42 Å². The summed E-state index contributed by atoms with van der Waals surface area (Å²) in [5.41, 5.74) is -0.204. The molecule has 4 fully saturated rings. The SMILES string of the molecule is CC(C)[C@@H]1CC[C@](C)(C[C@@H]2CC(=O)[C@@]34CC[C@@H](C)[C@@H]3CC[C@@]24C)[C@H]1OS(C)(=O)=O. The van der Waals surface area contributed by atoms with Gasteiger partial charge in [0.25, 0.3) is 10.1 Å². The second kappa shape index (κ2) is 6.79. The summed E-state index contributed by atoms with van der Waals surface area (Å²) in [6.07, 6.45) is 9.11. The van der Waals surface area contributed by atoms with Crippen molar-refractivity contribution in [2.24, 2.45) is 45.8 Å². The lowest BCUT2D eigenvalue weighted by atomic mass is 9.60. The van der Waals surface area contributed by atoms with E-state index in [0.29, 0.717) is 35.9 Å². The van der Waals surface area contributed by atoms with E-state index < -0.39 is 10.1 Å². The normalized spacial score (nSPS) is 49.8. The zero-order valence-corrected chi connectivity index (χ0v) is 20.0. The van der Waals surface area contributed by atoms with Crippen molar-refractivity contribution >= 4 is 15.9 Å². The van der Waals surface area contributed by atoms with Crippen molar-refractivity contribution in [3.63, 3.8) is 0 Å². The fourth-order valence-corrected chi connectivity index (χ4v) is 9.31. The smallest absolute Gasteiger partial charge is 0.264 e. The van der Waals surface area contributed by atoms with Gasteiger partial charge in [-0.1, -0.05) is 34.6 Å². The molecule has 5 heteroatoms. The Labute approximate surface area is 177 Å². The summed E-state index contributed by atoms with van der Waals surface area (Å²) in [6, 6.07) is 0. The molecule has 4 aliphatic rings. The molecule has 4 saturated carbocycles. The van der Waals surface area contributed by atoms with Crippen molar-refractivity contribution in [1.82, 2.24) is 0 Å². The number of Topliss-reactive ketones (excluding diaryl/α,β-unsaturated/α-hetero) is 1. The largest absolute Gasteiger partial charge is 0.299 e. The third kappa shape index (κ3) is 3.08. The Morgan fingerprint density at radius 2 is 1.79 bits per heavy atom. The molecule has 0 unspecified atom stereocenters. The third-order valence-corrected chi connectivity index (χ3v) is 10.7. The summed E-state index contributed by atoms with van der Waals surface area (Å²) in [5.74, 6) is 2.74. The third-order valence-electron chi connectivity index (χ3n) is 10.1. The van der Waals surface area contributed by atoms with Crippen LogP contribution in [0.1, 0.15) is 86.0 Å². The zero-order chi connectivity index (χ0) is 21.4. The maximum Gasteiger partial charge on any atom is 0.264 e. The average Bonchev–Trinajstić information content (AvgIpc) is 3.24. The van der Waals surface area contributed by atoms with E-state index in [4.69, 9.17) is 4.18 Å². The first-order valence-electron chi connectivity index (χ1n) is 11.8. The quantitative estimate of drug-likeness (QED) is 0.568. The van der Waals surface area contributed by atoms with Gasteiger partial charge in [0.2, 0.25) is 0 Å². The van der Waals surface area contributed by atoms with Gasteiger partial charge in [-0.25, -0.2) is 0 Å². The van der Waals surface area contributed by atoms with E-state index in [9.17, 15) is 13.2 Å². The van der Waals surface area contributed by atoms with Gasteiger partial charge in [0.1, 0.15) is 5.78 Å². The summed E-state index contributed by atoms with van der Waals surface area (Å²) in [6.45, 7) is 11.3. The number of ketones is 1. The molecule has 0 amide bonds. The van der Waals surface area contributed by atoms with Gasteiger partial charge in [0.15, 0.2) is 0 Å². The lowest BCUT2D eigenvalue weighted by Gasteiger charge is -2.44. The number of hydrogen-bond donors (Lipinski definition) is 0. The predicted octanol–water partition coefficient (Wildman–Crippen LogP) is 5.22. The number of hydrogen-bond acceptors (Lipinski definition) is 4. The molecule has 4 aliphatic carbocycles. The highest BCUT2D eigenvalue weighted by Gasteiger charge is 2.71. The van der Waals surface area contributed by atoms with E-state index in [1.807, 2.05) is 0 Å². The highest BCUT2D eigenvalue weighted by molar-refractivity contribution is 7.86. The van der Waals surface area contributed by atoms with Crippen LogP contribution in [-0.2, 0) is 19.1 Å². The molecule has 4 rings (SSSR count). The first-order chi connectivity index (χ1) is 13.3. The Morgan fingerprint density at radius 3 is 2.41 bits per heavy atom. The van der Waals surface area contributed by atoms with Gasteiger partial charge in [0.05, 0.1) is 12.4 Å².